The van der Waals surface area contributed by atoms with Crippen molar-refractivity contribution in [3.05, 3.63) is 72.7 Å². The standard InChI is InChI=1S/C21H19N3O2S3/c1-4-26-16-9-7-14(8-10-16)24-19(25)17-18(22-20(24)27)23(21(28)29-17)15-6-5-12(2)13(3)11-15/h5-11H,4H2,1-3H3,(H,22,27). The van der Waals surface area contributed by atoms with Crippen LogP contribution in [-0.4, -0.2) is 20.7 Å². The molecule has 4 aromatic rings. The molecular weight excluding hydrogens is 422 g/mol. The Morgan fingerprint density at radius 1 is 1.00 bits per heavy atom. The first kappa shape index (κ1) is 19.8. The monoisotopic (exact) mass is 441 g/mol. The zero-order valence-electron chi connectivity index (χ0n) is 16.2. The van der Waals surface area contributed by atoms with Gasteiger partial charge in [-0.15, -0.1) is 0 Å². The molecule has 0 saturated carbocycles. The highest BCUT2D eigenvalue weighted by Crippen LogP contribution is 2.25. The van der Waals surface area contributed by atoms with Crippen molar-refractivity contribution < 1.29 is 4.74 Å². The molecule has 0 bridgehead atoms. The lowest BCUT2D eigenvalue weighted by atomic mass is 10.1. The molecule has 0 radical (unpaired) electrons. The summed E-state index contributed by atoms with van der Waals surface area (Å²) in [5.74, 6) is 0.747. The molecule has 1 N–H and O–H groups in total. The predicted octanol–water partition coefficient (Wildman–Crippen LogP) is 5.65. The molecule has 0 aliphatic rings. The summed E-state index contributed by atoms with van der Waals surface area (Å²) in [4.78, 5) is 16.5. The highest BCUT2D eigenvalue weighted by molar-refractivity contribution is 7.73. The third-order valence-electron chi connectivity index (χ3n) is 4.79. The molecule has 2 aromatic carbocycles. The maximum absolute atomic E-state index is 13.3. The Morgan fingerprint density at radius 2 is 1.69 bits per heavy atom. The molecule has 2 aromatic heterocycles. The molecule has 0 amide bonds. The average Bonchev–Trinajstić information content (AvgIpc) is 3.02. The Labute approximate surface area is 181 Å². The van der Waals surface area contributed by atoms with Crippen LogP contribution in [0.5, 0.6) is 5.75 Å². The molecule has 0 spiro atoms. The van der Waals surface area contributed by atoms with Crippen molar-refractivity contribution >= 4 is 46.1 Å². The average molecular weight is 442 g/mol. The van der Waals surface area contributed by atoms with E-state index in [0.717, 1.165) is 17.0 Å². The van der Waals surface area contributed by atoms with Gasteiger partial charge in [0.05, 0.1) is 12.3 Å². The van der Waals surface area contributed by atoms with E-state index < -0.39 is 0 Å². The number of rotatable bonds is 4. The molecule has 29 heavy (non-hydrogen) atoms. The van der Waals surface area contributed by atoms with Gasteiger partial charge in [0.15, 0.2) is 8.73 Å². The summed E-state index contributed by atoms with van der Waals surface area (Å²) in [5.41, 5.74) is 4.38. The Kier molecular flexibility index (Phi) is 5.24. The van der Waals surface area contributed by atoms with Crippen LogP contribution in [0.3, 0.4) is 0 Å². The molecule has 0 aliphatic carbocycles. The minimum absolute atomic E-state index is 0.188. The molecule has 8 heteroatoms. The molecular formula is C21H19N3O2S3. The van der Waals surface area contributed by atoms with Gasteiger partial charge in [-0.3, -0.25) is 13.9 Å². The van der Waals surface area contributed by atoms with E-state index in [1.807, 2.05) is 47.9 Å². The van der Waals surface area contributed by atoms with Crippen molar-refractivity contribution in [3.63, 3.8) is 0 Å². The first-order valence-electron chi connectivity index (χ1n) is 9.12. The molecule has 0 atom stereocenters. The third kappa shape index (κ3) is 3.48. The zero-order chi connectivity index (χ0) is 20.7. The van der Waals surface area contributed by atoms with E-state index in [4.69, 9.17) is 29.2 Å². The predicted molar refractivity (Wildman–Crippen MR) is 123 cm³/mol. The van der Waals surface area contributed by atoms with Crippen LogP contribution >= 0.6 is 35.8 Å². The Hall–Kier alpha value is -2.55. The number of ether oxygens (including phenoxy) is 1. The van der Waals surface area contributed by atoms with E-state index in [2.05, 4.69) is 24.9 Å². The number of benzene rings is 2. The first-order valence-corrected chi connectivity index (χ1v) is 10.8. The van der Waals surface area contributed by atoms with Crippen LogP contribution < -0.4 is 10.3 Å². The summed E-state index contributed by atoms with van der Waals surface area (Å²) in [6.07, 6.45) is 0. The lowest BCUT2D eigenvalue weighted by Crippen LogP contribution is -2.20. The Balaban J connectivity index is 1.93. The fourth-order valence-corrected chi connectivity index (χ4v) is 4.79. The largest absolute Gasteiger partial charge is 0.494 e. The van der Waals surface area contributed by atoms with Crippen LogP contribution in [0.25, 0.3) is 21.7 Å². The molecule has 2 heterocycles. The third-order valence-corrected chi connectivity index (χ3v) is 6.44. The number of nitrogens with zero attached hydrogens (tertiary/aromatic N) is 2. The van der Waals surface area contributed by atoms with Gasteiger partial charge in [-0.05, 0) is 92.7 Å². The number of H-pyrrole nitrogens is 1. The molecule has 148 valence electrons. The number of hydrogen-bond acceptors (Lipinski definition) is 5. The lowest BCUT2D eigenvalue weighted by Gasteiger charge is -2.10. The fourth-order valence-electron chi connectivity index (χ4n) is 3.17. The van der Waals surface area contributed by atoms with Crippen LogP contribution in [0.4, 0.5) is 0 Å². The highest BCUT2D eigenvalue weighted by atomic mass is 32.1. The van der Waals surface area contributed by atoms with Crippen molar-refractivity contribution in [2.75, 3.05) is 6.61 Å². The number of aryl methyl sites for hydroxylation is 2. The van der Waals surface area contributed by atoms with Crippen LogP contribution in [0.2, 0.25) is 0 Å². The van der Waals surface area contributed by atoms with Crippen LogP contribution in [0.15, 0.2) is 47.3 Å². The topological polar surface area (TPSA) is 51.9 Å². The molecule has 0 fully saturated rings. The van der Waals surface area contributed by atoms with Gasteiger partial charge in [-0.2, -0.15) is 0 Å². The number of nitrogens with one attached hydrogen (secondary N) is 1. The number of hydrogen-bond donors (Lipinski definition) is 1. The van der Waals surface area contributed by atoms with Crippen LogP contribution in [-0.2, 0) is 0 Å². The summed E-state index contributed by atoms with van der Waals surface area (Å²) in [6.45, 7) is 6.63. The summed E-state index contributed by atoms with van der Waals surface area (Å²) in [5, 5.41) is 0. The summed E-state index contributed by atoms with van der Waals surface area (Å²) in [6, 6.07) is 13.4. The first-order chi connectivity index (χ1) is 13.9. The van der Waals surface area contributed by atoms with Gasteiger partial charge in [-0.25, -0.2) is 0 Å². The number of aromatic amines is 1. The Bertz CT molecular complexity index is 1390. The normalized spacial score (nSPS) is 11.1. The van der Waals surface area contributed by atoms with Crippen molar-refractivity contribution in [2.45, 2.75) is 20.8 Å². The van der Waals surface area contributed by atoms with Gasteiger partial charge in [0.2, 0.25) is 0 Å². The second kappa shape index (κ2) is 7.70. The Morgan fingerprint density at radius 3 is 2.34 bits per heavy atom. The second-order valence-electron chi connectivity index (χ2n) is 6.65. The van der Waals surface area contributed by atoms with E-state index in [1.165, 1.54) is 21.5 Å². The summed E-state index contributed by atoms with van der Waals surface area (Å²) >= 11 is 12.4. The van der Waals surface area contributed by atoms with E-state index in [1.54, 1.807) is 0 Å². The van der Waals surface area contributed by atoms with Gasteiger partial charge in [0.1, 0.15) is 16.1 Å². The quantitative estimate of drug-likeness (QED) is 0.416. The minimum Gasteiger partial charge on any atom is -0.494 e. The molecule has 0 aliphatic heterocycles. The van der Waals surface area contributed by atoms with Gasteiger partial charge in [0.25, 0.3) is 5.56 Å². The SMILES string of the molecule is CCOc1ccc(-n2c(=S)[nH]c3c(sc(=S)n3-c3ccc(C)c(C)c3)c2=O)cc1. The zero-order valence-corrected chi connectivity index (χ0v) is 18.6. The van der Waals surface area contributed by atoms with Crippen LogP contribution in [0.1, 0.15) is 18.1 Å². The molecule has 0 saturated heterocycles. The van der Waals surface area contributed by atoms with E-state index in [-0.39, 0.29) is 5.56 Å². The highest BCUT2D eigenvalue weighted by Gasteiger charge is 2.15. The summed E-state index contributed by atoms with van der Waals surface area (Å²) in [7, 11) is 0. The van der Waals surface area contributed by atoms with Crippen molar-refractivity contribution in [1.29, 1.82) is 0 Å². The minimum atomic E-state index is -0.188. The molecule has 0 unspecified atom stereocenters. The van der Waals surface area contributed by atoms with Gasteiger partial charge >= 0.3 is 0 Å². The maximum Gasteiger partial charge on any atom is 0.278 e. The smallest absolute Gasteiger partial charge is 0.278 e. The van der Waals surface area contributed by atoms with Crippen molar-refractivity contribution in [3.8, 4) is 17.1 Å². The molecule has 4 rings (SSSR count). The number of fused-ring (bicyclic) bond motifs is 1. The van der Waals surface area contributed by atoms with Crippen molar-refractivity contribution in [2.24, 2.45) is 0 Å². The van der Waals surface area contributed by atoms with E-state index in [0.29, 0.717) is 31.4 Å². The maximum atomic E-state index is 13.3. The van der Waals surface area contributed by atoms with Crippen molar-refractivity contribution in [1.82, 2.24) is 14.1 Å². The van der Waals surface area contributed by atoms with E-state index in [9.17, 15) is 4.79 Å². The van der Waals surface area contributed by atoms with Gasteiger partial charge < -0.3 is 9.72 Å². The lowest BCUT2D eigenvalue weighted by molar-refractivity contribution is 0.340. The van der Waals surface area contributed by atoms with E-state index >= 15 is 0 Å². The number of thiazole rings is 1. The second-order valence-corrected chi connectivity index (χ2v) is 8.68. The van der Waals surface area contributed by atoms with Gasteiger partial charge in [0, 0.05) is 5.69 Å². The van der Waals surface area contributed by atoms with Crippen LogP contribution in [0, 0.1) is 22.6 Å². The number of aromatic nitrogens is 3. The fraction of sp³-hybridized carbons (Fsp3) is 0.190. The molecule has 5 nitrogen and oxygen atoms in total. The van der Waals surface area contributed by atoms with Gasteiger partial charge in [-0.1, -0.05) is 17.4 Å². The summed E-state index contributed by atoms with van der Waals surface area (Å²) < 4.78 is 10.3.